The van der Waals surface area contributed by atoms with Crippen molar-refractivity contribution in [2.45, 2.75) is 19.3 Å². The largest absolute Gasteiger partial charge is 0.497 e. The number of aryl methyl sites for hydroxylation is 1. The summed E-state index contributed by atoms with van der Waals surface area (Å²) in [4.78, 5) is 0. The van der Waals surface area contributed by atoms with E-state index in [4.69, 9.17) is 4.74 Å². The van der Waals surface area contributed by atoms with Crippen molar-refractivity contribution < 1.29 is 4.74 Å². The summed E-state index contributed by atoms with van der Waals surface area (Å²) in [6.07, 6.45) is 1.02. The molecule has 2 aromatic carbocycles. The number of rotatable bonds is 5. The molecule has 19 heavy (non-hydrogen) atoms. The standard InChI is InChI=1S/C17H19BrO/c1-13-5-3-7-15(9-13)16(12-18)10-14-6-4-8-17(11-14)19-2/h3-9,11,16H,10,12H2,1-2H3. The first-order valence-corrected chi connectivity index (χ1v) is 7.60. The van der Waals surface area contributed by atoms with Gasteiger partial charge in [0.2, 0.25) is 0 Å². The maximum absolute atomic E-state index is 5.28. The highest BCUT2D eigenvalue weighted by Gasteiger charge is 2.11. The summed E-state index contributed by atoms with van der Waals surface area (Å²) in [6, 6.07) is 17.1. The van der Waals surface area contributed by atoms with Gasteiger partial charge in [0, 0.05) is 5.33 Å². The molecule has 2 aromatic rings. The van der Waals surface area contributed by atoms with E-state index in [1.54, 1.807) is 7.11 Å². The molecule has 0 saturated carbocycles. The van der Waals surface area contributed by atoms with Crippen LogP contribution in [0.25, 0.3) is 0 Å². The molecule has 2 rings (SSSR count). The summed E-state index contributed by atoms with van der Waals surface area (Å²) in [6.45, 7) is 2.14. The molecule has 1 unspecified atom stereocenters. The van der Waals surface area contributed by atoms with Gasteiger partial charge in [-0.15, -0.1) is 0 Å². The smallest absolute Gasteiger partial charge is 0.119 e. The lowest BCUT2D eigenvalue weighted by Gasteiger charge is -2.15. The maximum atomic E-state index is 5.28. The number of hydrogen-bond acceptors (Lipinski definition) is 1. The molecule has 0 spiro atoms. The van der Waals surface area contributed by atoms with Crippen molar-refractivity contribution in [1.82, 2.24) is 0 Å². The Hall–Kier alpha value is -1.28. The van der Waals surface area contributed by atoms with Gasteiger partial charge >= 0.3 is 0 Å². The van der Waals surface area contributed by atoms with E-state index in [2.05, 4.69) is 65.3 Å². The average molecular weight is 319 g/mol. The van der Waals surface area contributed by atoms with Crippen LogP contribution in [0.4, 0.5) is 0 Å². The molecule has 2 heteroatoms. The fraction of sp³-hybridized carbons (Fsp3) is 0.294. The van der Waals surface area contributed by atoms with Crippen molar-refractivity contribution in [3.05, 3.63) is 65.2 Å². The van der Waals surface area contributed by atoms with E-state index in [1.807, 2.05) is 6.07 Å². The summed E-state index contributed by atoms with van der Waals surface area (Å²) >= 11 is 3.64. The van der Waals surface area contributed by atoms with Crippen molar-refractivity contribution >= 4 is 15.9 Å². The Morgan fingerprint density at radius 2 is 1.89 bits per heavy atom. The van der Waals surface area contributed by atoms with Crippen molar-refractivity contribution in [1.29, 1.82) is 0 Å². The van der Waals surface area contributed by atoms with E-state index in [9.17, 15) is 0 Å². The fourth-order valence-electron chi connectivity index (χ4n) is 2.27. The first-order chi connectivity index (χ1) is 9.22. The number of halogens is 1. The summed E-state index contributed by atoms with van der Waals surface area (Å²) in [7, 11) is 1.71. The zero-order chi connectivity index (χ0) is 13.7. The predicted molar refractivity (Wildman–Crippen MR) is 84.4 cm³/mol. The van der Waals surface area contributed by atoms with Gasteiger partial charge in [-0.25, -0.2) is 0 Å². The van der Waals surface area contributed by atoms with Crippen LogP contribution in [0.2, 0.25) is 0 Å². The lowest BCUT2D eigenvalue weighted by molar-refractivity contribution is 0.414. The average Bonchev–Trinajstić information content (AvgIpc) is 2.45. The first-order valence-electron chi connectivity index (χ1n) is 6.48. The second-order valence-corrected chi connectivity index (χ2v) is 5.47. The lowest BCUT2D eigenvalue weighted by atomic mass is 9.93. The summed E-state index contributed by atoms with van der Waals surface area (Å²) < 4.78 is 5.28. The van der Waals surface area contributed by atoms with Crippen molar-refractivity contribution in [2.24, 2.45) is 0 Å². The Balaban J connectivity index is 2.18. The molecule has 0 amide bonds. The molecule has 0 aliphatic heterocycles. The van der Waals surface area contributed by atoms with Crippen molar-refractivity contribution in [2.75, 3.05) is 12.4 Å². The molecule has 0 saturated heterocycles. The van der Waals surface area contributed by atoms with Gasteiger partial charge in [0.05, 0.1) is 7.11 Å². The zero-order valence-corrected chi connectivity index (χ0v) is 13.0. The van der Waals surface area contributed by atoms with Gasteiger partial charge in [-0.1, -0.05) is 57.9 Å². The number of alkyl halides is 1. The van der Waals surface area contributed by atoms with E-state index in [-0.39, 0.29) is 0 Å². The fourth-order valence-corrected chi connectivity index (χ4v) is 2.87. The van der Waals surface area contributed by atoms with Crippen LogP contribution in [0.15, 0.2) is 48.5 Å². The summed E-state index contributed by atoms with van der Waals surface area (Å²) in [5, 5.41) is 0.966. The Kier molecular flexibility index (Phi) is 5.03. The second kappa shape index (κ2) is 6.76. The molecular weight excluding hydrogens is 300 g/mol. The quantitative estimate of drug-likeness (QED) is 0.724. The summed E-state index contributed by atoms with van der Waals surface area (Å²) in [5.41, 5.74) is 4.01. The van der Waals surface area contributed by atoms with Gasteiger partial charge in [-0.05, 0) is 42.5 Å². The Morgan fingerprint density at radius 3 is 2.58 bits per heavy atom. The molecule has 0 N–H and O–H groups in total. The Labute approximate surface area is 123 Å². The number of methoxy groups -OCH3 is 1. The Bertz CT molecular complexity index is 536. The van der Waals surface area contributed by atoms with Crippen LogP contribution in [-0.2, 0) is 6.42 Å². The van der Waals surface area contributed by atoms with Crippen LogP contribution in [-0.4, -0.2) is 12.4 Å². The minimum Gasteiger partial charge on any atom is -0.497 e. The van der Waals surface area contributed by atoms with Crippen molar-refractivity contribution in [3.63, 3.8) is 0 Å². The van der Waals surface area contributed by atoms with Crippen LogP contribution >= 0.6 is 15.9 Å². The first kappa shape index (κ1) is 14.1. The molecule has 0 radical (unpaired) electrons. The van der Waals surface area contributed by atoms with Crippen LogP contribution < -0.4 is 4.74 Å². The molecule has 0 heterocycles. The van der Waals surface area contributed by atoms with Crippen LogP contribution in [0.1, 0.15) is 22.6 Å². The summed E-state index contributed by atoms with van der Waals surface area (Å²) in [5.74, 6) is 1.42. The monoisotopic (exact) mass is 318 g/mol. The molecule has 0 aliphatic carbocycles. The van der Waals surface area contributed by atoms with E-state index in [1.165, 1.54) is 16.7 Å². The Morgan fingerprint density at radius 1 is 1.11 bits per heavy atom. The lowest BCUT2D eigenvalue weighted by Crippen LogP contribution is -2.05. The maximum Gasteiger partial charge on any atom is 0.119 e. The number of ether oxygens (including phenoxy) is 1. The molecule has 1 nitrogen and oxygen atoms in total. The van der Waals surface area contributed by atoms with E-state index in [0.29, 0.717) is 5.92 Å². The SMILES string of the molecule is COc1cccc(CC(CBr)c2cccc(C)c2)c1. The normalized spacial score (nSPS) is 12.2. The molecule has 100 valence electrons. The third-order valence-corrected chi connectivity index (χ3v) is 4.10. The van der Waals surface area contributed by atoms with Gasteiger partial charge in [0.1, 0.15) is 5.75 Å². The zero-order valence-electron chi connectivity index (χ0n) is 11.4. The minimum atomic E-state index is 0.493. The molecule has 0 aliphatic rings. The predicted octanol–water partition coefficient (Wildman–Crippen LogP) is 4.72. The van der Waals surface area contributed by atoms with E-state index < -0.39 is 0 Å². The highest BCUT2D eigenvalue weighted by molar-refractivity contribution is 9.09. The van der Waals surface area contributed by atoms with E-state index in [0.717, 1.165) is 17.5 Å². The number of benzene rings is 2. The van der Waals surface area contributed by atoms with Crippen LogP contribution in [0.3, 0.4) is 0 Å². The number of hydrogen-bond donors (Lipinski definition) is 0. The molecule has 1 atom stereocenters. The van der Waals surface area contributed by atoms with Gasteiger partial charge in [-0.2, -0.15) is 0 Å². The highest BCUT2D eigenvalue weighted by Crippen LogP contribution is 2.25. The second-order valence-electron chi connectivity index (χ2n) is 4.82. The topological polar surface area (TPSA) is 9.23 Å². The molecule has 0 aromatic heterocycles. The molecular formula is C17H19BrO. The molecule has 0 bridgehead atoms. The third kappa shape index (κ3) is 3.84. The van der Waals surface area contributed by atoms with Crippen LogP contribution in [0.5, 0.6) is 5.75 Å². The van der Waals surface area contributed by atoms with Crippen molar-refractivity contribution in [3.8, 4) is 5.75 Å². The van der Waals surface area contributed by atoms with Gasteiger partial charge in [0.15, 0.2) is 0 Å². The highest BCUT2D eigenvalue weighted by atomic mass is 79.9. The van der Waals surface area contributed by atoms with Crippen LogP contribution in [0, 0.1) is 6.92 Å². The van der Waals surface area contributed by atoms with Gasteiger partial charge < -0.3 is 4.74 Å². The minimum absolute atomic E-state index is 0.493. The van der Waals surface area contributed by atoms with Gasteiger partial charge in [-0.3, -0.25) is 0 Å². The molecule has 0 fully saturated rings. The third-order valence-electron chi connectivity index (χ3n) is 3.32. The van der Waals surface area contributed by atoms with Gasteiger partial charge in [0.25, 0.3) is 0 Å². The van der Waals surface area contributed by atoms with E-state index >= 15 is 0 Å².